The van der Waals surface area contributed by atoms with Crippen LogP contribution in [-0.2, 0) is 11.2 Å². The summed E-state index contributed by atoms with van der Waals surface area (Å²) >= 11 is 0. The summed E-state index contributed by atoms with van der Waals surface area (Å²) in [4.78, 5) is 20.0. The highest BCUT2D eigenvalue weighted by atomic mass is 35.5. The number of nitrogens with zero attached hydrogens (tertiary/aromatic N) is 3. The van der Waals surface area contributed by atoms with Crippen molar-refractivity contribution in [2.24, 2.45) is 5.73 Å². The van der Waals surface area contributed by atoms with Gasteiger partial charge in [-0.3, -0.25) is 4.79 Å². The van der Waals surface area contributed by atoms with E-state index in [1.54, 1.807) is 0 Å². The van der Waals surface area contributed by atoms with Gasteiger partial charge in [0.1, 0.15) is 5.82 Å². The number of rotatable bonds is 5. The molecule has 4 rings (SSSR count). The van der Waals surface area contributed by atoms with Gasteiger partial charge in [0.25, 0.3) is 0 Å². The van der Waals surface area contributed by atoms with Gasteiger partial charge >= 0.3 is 0 Å². The molecule has 1 aliphatic heterocycles. The molecule has 1 fully saturated rings. The van der Waals surface area contributed by atoms with E-state index in [1.165, 1.54) is 5.52 Å². The molecule has 0 bridgehead atoms. The van der Waals surface area contributed by atoms with E-state index in [-0.39, 0.29) is 36.6 Å². The first-order valence-corrected chi connectivity index (χ1v) is 10.6. The lowest BCUT2D eigenvalue weighted by Gasteiger charge is -2.34. The maximum Gasteiger partial charge on any atom is 0.239 e. The molecule has 0 saturated carbocycles. The van der Waals surface area contributed by atoms with Crippen molar-refractivity contribution < 1.29 is 4.79 Å². The van der Waals surface area contributed by atoms with Crippen LogP contribution in [0.3, 0.4) is 0 Å². The molecule has 1 amide bonds. The molecule has 5 nitrogen and oxygen atoms in total. The topological polar surface area (TPSA) is 64.2 Å². The van der Waals surface area contributed by atoms with Crippen LogP contribution in [0.2, 0.25) is 0 Å². The summed E-state index contributed by atoms with van der Waals surface area (Å²) in [6, 6.07) is 18.1. The normalized spacial score (nSPS) is 17.2. The van der Waals surface area contributed by atoms with Crippen LogP contribution in [0.25, 0.3) is 11.0 Å². The number of fused-ring (bicyclic) bond motifs is 1. The van der Waals surface area contributed by atoms with Crippen molar-refractivity contribution in [1.29, 1.82) is 0 Å². The minimum atomic E-state index is -0.500. The van der Waals surface area contributed by atoms with Gasteiger partial charge in [-0.05, 0) is 50.8 Å². The van der Waals surface area contributed by atoms with E-state index >= 15 is 0 Å². The van der Waals surface area contributed by atoms with E-state index in [9.17, 15) is 4.79 Å². The molecule has 2 N–H and O–H groups in total. The Morgan fingerprint density at radius 3 is 2.48 bits per heavy atom. The average molecular weight is 463 g/mol. The number of hydrogen-bond donors (Lipinski definition) is 1. The Bertz CT molecular complexity index is 990. The predicted octanol–water partition coefficient (Wildman–Crippen LogP) is 4.74. The maximum atomic E-state index is 13.0. The van der Waals surface area contributed by atoms with Crippen molar-refractivity contribution >= 4 is 41.8 Å². The second kappa shape index (κ2) is 11.0. The van der Waals surface area contributed by atoms with Crippen molar-refractivity contribution in [2.75, 3.05) is 13.1 Å². The summed E-state index contributed by atoms with van der Waals surface area (Å²) in [7, 11) is 0. The number of nitrogens with two attached hydrogens (primary N) is 1. The van der Waals surface area contributed by atoms with Gasteiger partial charge in [0.05, 0.1) is 17.1 Å². The minimum Gasteiger partial charge on any atom is -0.341 e. The first-order chi connectivity index (χ1) is 14.0. The molecule has 31 heavy (non-hydrogen) atoms. The number of para-hydroxylation sites is 2. The van der Waals surface area contributed by atoms with E-state index in [0.717, 1.165) is 36.3 Å². The van der Waals surface area contributed by atoms with Crippen LogP contribution in [-0.4, -0.2) is 39.5 Å². The molecule has 0 radical (unpaired) electrons. The van der Waals surface area contributed by atoms with Crippen molar-refractivity contribution in [2.45, 2.75) is 51.1 Å². The second-order valence-corrected chi connectivity index (χ2v) is 8.34. The summed E-state index contributed by atoms with van der Waals surface area (Å²) in [5, 5.41) is 0. The van der Waals surface area contributed by atoms with E-state index < -0.39 is 6.04 Å². The zero-order chi connectivity index (χ0) is 20.4. The molecule has 2 unspecified atom stereocenters. The molecule has 168 valence electrons. The van der Waals surface area contributed by atoms with Crippen LogP contribution >= 0.6 is 24.8 Å². The molecule has 1 aliphatic rings. The maximum absolute atomic E-state index is 13.0. The lowest BCUT2D eigenvalue weighted by atomic mass is 9.95. The number of piperidine rings is 1. The molecule has 3 aromatic rings. The van der Waals surface area contributed by atoms with E-state index in [4.69, 9.17) is 10.7 Å². The summed E-state index contributed by atoms with van der Waals surface area (Å²) < 4.78 is 2.33. The Morgan fingerprint density at radius 2 is 1.77 bits per heavy atom. The highest BCUT2D eigenvalue weighted by molar-refractivity contribution is 5.85. The third-order valence-corrected chi connectivity index (χ3v) is 5.85. The molecular weight excluding hydrogens is 431 g/mol. The van der Waals surface area contributed by atoms with Gasteiger partial charge in [-0.1, -0.05) is 42.5 Å². The highest BCUT2D eigenvalue weighted by Gasteiger charge is 2.31. The second-order valence-electron chi connectivity index (χ2n) is 8.34. The van der Waals surface area contributed by atoms with E-state index in [2.05, 4.69) is 36.6 Å². The number of carbonyl (C=O) groups is 1. The fraction of sp³-hybridized carbons (Fsp3) is 0.417. The zero-order valence-electron chi connectivity index (χ0n) is 18.1. The number of amides is 1. The third kappa shape index (κ3) is 5.40. The molecule has 2 heterocycles. The Balaban J connectivity index is 0.00000171. The van der Waals surface area contributed by atoms with Gasteiger partial charge in [0.15, 0.2) is 0 Å². The molecule has 2 aromatic carbocycles. The van der Waals surface area contributed by atoms with Crippen LogP contribution in [0.4, 0.5) is 0 Å². The van der Waals surface area contributed by atoms with Crippen LogP contribution in [0.1, 0.15) is 50.0 Å². The fourth-order valence-electron chi connectivity index (χ4n) is 4.47. The standard InChI is InChI=1S/C24H30N4O.2ClH/c1-17(2)28-22-13-7-6-12-21(22)26-23(28)19-11-8-14-27(16-19)24(29)20(25)15-18-9-4-3-5-10-18;;/h3-7,9-10,12-13,17,19-20H,8,11,14-16,25H2,1-2H3;2*1H. The lowest BCUT2D eigenvalue weighted by molar-refractivity contribution is -0.133. The number of benzene rings is 2. The van der Waals surface area contributed by atoms with Crippen molar-refractivity contribution in [3.63, 3.8) is 0 Å². The van der Waals surface area contributed by atoms with Crippen LogP contribution < -0.4 is 5.73 Å². The molecule has 2 atom stereocenters. The number of halogens is 2. The summed E-state index contributed by atoms with van der Waals surface area (Å²) in [6.45, 7) is 5.86. The van der Waals surface area contributed by atoms with E-state index in [0.29, 0.717) is 19.0 Å². The third-order valence-electron chi connectivity index (χ3n) is 5.85. The van der Waals surface area contributed by atoms with E-state index in [1.807, 2.05) is 41.3 Å². The van der Waals surface area contributed by atoms with Crippen molar-refractivity contribution in [3.8, 4) is 0 Å². The first-order valence-electron chi connectivity index (χ1n) is 10.6. The average Bonchev–Trinajstić information content (AvgIpc) is 3.14. The Morgan fingerprint density at radius 1 is 1.10 bits per heavy atom. The molecule has 1 saturated heterocycles. The molecule has 1 aromatic heterocycles. The van der Waals surface area contributed by atoms with Gasteiger partial charge in [0, 0.05) is 25.0 Å². The molecule has 0 spiro atoms. The number of carbonyl (C=O) groups excluding carboxylic acids is 1. The van der Waals surface area contributed by atoms with Gasteiger partial charge in [-0.2, -0.15) is 0 Å². The minimum absolute atomic E-state index is 0. The van der Waals surface area contributed by atoms with Crippen molar-refractivity contribution in [3.05, 3.63) is 66.0 Å². The van der Waals surface area contributed by atoms with Gasteiger partial charge < -0.3 is 15.2 Å². The lowest BCUT2D eigenvalue weighted by Crippen LogP contribution is -2.48. The monoisotopic (exact) mass is 462 g/mol. The fourth-order valence-corrected chi connectivity index (χ4v) is 4.47. The quantitative estimate of drug-likeness (QED) is 0.595. The number of hydrogen-bond acceptors (Lipinski definition) is 3. The Labute approximate surface area is 196 Å². The predicted molar refractivity (Wildman–Crippen MR) is 131 cm³/mol. The van der Waals surface area contributed by atoms with Crippen molar-refractivity contribution in [1.82, 2.24) is 14.5 Å². The summed E-state index contributed by atoms with van der Waals surface area (Å²) in [5.74, 6) is 1.38. The van der Waals surface area contributed by atoms with Crippen LogP contribution in [0.15, 0.2) is 54.6 Å². The Kier molecular flexibility index (Phi) is 8.92. The highest BCUT2D eigenvalue weighted by Crippen LogP contribution is 2.31. The SMILES string of the molecule is CC(C)n1c(C2CCCN(C(=O)C(N)Cc3ccccc3)C2)nc2ccccc21.Cl.Cl. The van der Waals surface area contributed by atoms with Crippen LogP contribution in [0.5, 0.6) is 0 Å². The number of likely N-dealkylation sites (tertiary alicyclic amines) is 1. The first kappa shape index (κ1) is 25.2. The number of imidazole rings is 1. The summed E-state index contributed by atoms with van der Waals surface area (Å²) in [5.41, 5.74) is 9.59. The molecule has 0 aliphatic carbocycles. The summed E-state index contributed by atoms with van der Waals surface area (Å²) in [6.07, 6.45) is 2.61. The van der Waals surface area contributed by atoms with Gasteiger partial charge in [0.2, 0.25) is 5.91 Å². The smallest absolute Gasteiger partial charge is 0.239 e. The molecule has 7 heteroatoms. The largest absolute Gasteiger partial charge is 0.341 e. The van der Waals surface area contributed by atoms with Gasteiger partial charge in [-0.15, -0.1) is 24.8 Å². The molecular formula is C24H32Cl2N4O. The van der Waals surface area contributed by atoms with Crippen LogP contribution in [0, 0.1) is 0 Å². The zero-order valence-corrected chi connectivity index (χ0v) is 19.7. The van der Waals surface area contributed by atoms with Gasteiger partial charge in [-0.25, -0.2) is 4.98 Å². The number of aromatic nitrogens is 2. The Hall–Kier alpha value is -2.08.